The Balaban J connectivity index is 1.60. The first-order chi connectivity index (χ1) is 12.6. The van der Waals surface area contributed by atoms with E-state index in [1.54, 1.807) is 18.3 Å². The van der Waals surface area contributed by atoms with E-state index in [9.17, 15) is 9.59 Å². The molecule has 0 radical (unpaired) electrons. The van der Waals surface area contributed by atoms with Crippen LogP contribution in [0.4, 0.5) is 5.13 Å². The number of anilines is 1. The summed E-state index contributed by atoms with van der Waals surface area (Å²) in [5.41, 5.74) is 3.35. The quantitative estimate of drug-likeness (QED) is 0.646. The van der Waals surface area contributed by atoms with E-state index >= 15 is 0 Å². The van der Waals surface area contributed by atoms with E-state index < -0.39 is 18.0 Å². The number of aryl methyl sites for hydroxylation is 1. The van der Waals surface area contributed by atoms with Crippen molar-refractivity contribution in [2.24, 2.45) is 0 Å². The molecule has 0 aliphatic rings. The monoisotopic (exact) mass is 369 g/mol. The van der Waals surface area contributed by atoms with Crippen LogP contribution in [0, 0.1) is 0 Å². The molecule has 2 aromatic heterocycles. The van der Waals surface area contributed by atoms with Crippen molar-refractivity contribution >= 4 is 28.3 Å². The van der Waals surface area contributed by atoms with Crippen molar-refractivity contribution in [3.8, 4) is 11.3 Å². The molecule has 3 aromatic rings. The standard InChI is InChI=1S/C19H19N3O3S/c1-3-13-6-8-14(9-7-13)16-11-26-19(21-16)22-17(23)12(2)25-18(24)15-5-4-10-20-15/h4-12,20H,3H2,1-2H3,(H,21,22,23)/t12-/m0/s1. The Morgan fingerprint density at radius 2 is 2.04 bits per heavy atom. The molecule has 26 heavy (non-hydrogen) atoms. The number of aromatic amines is 1. The summed E-state index contributed by atoms with van der Waals surface area (Å²) < 4.78 is 5.14. The van der Waals surface area contributed by atoms with Crippen LogP contribution in [-0.2, 0) is 16.0 Å². The van der Waals surface area contributed by atoms with Crippen molar-refractivity contribution in [1.82, 2.24) is 9.97 Å². The van der Waals surface area contributed by atoms with Gasteiger partial charge in [-0.05, 0) is 31.0 Å². The van der Waals surface area contributed by atoms with Gasteiger partial charge in [-0.2, -0.15) is 0 Å². The number of thiazole rings is 1. The average Bonchev–Trinajstić information content (AvgIpc) is 3.34. The van der Waals surface area contributed by atoms with Gasteiger partial charge in [-0.15, -0.1) is 11.3 Å². The molecule has 1 atom stereocenters. The second kappa shape index (κ2) is 7.97. The summed E-state index contributed by atoms with van der Waals surface area (Å²) in [6.07, 6.45) is 1.67. The minimum absolute atomic E-state index is 0.303. The van der Waals surface area contributed by atoms with Gasteiger partial charge in [0.05, 0.1) is 5.69 Å². The molecule has 3 rings (SSSR count). The average molecular weight is 369 g/mol. The Kier molecular flexibility index (Phi) is 5.48. The van der Waals surface area contributed by atoms with Gasteiger partial charge in [-0.25, -0.2) is 9.78 Å². The molecule has 1 aromatic carbocycles. The molecule has 2 heterocycles. The summed E-state index contributed by atoms with van der Waals surface area (Å²) in [5, 5.41) is 5.03. The van der Waals surface area contributed by atoms with Crippen molar-refractivity contribution in [2.75, 3.05) is 5.32 Å². The van der Waals surface area contributed by atoms with Gasteiger partial charge in [0.25, 0.3) is 5.91 Å². The summed E-state index contributed by atoms with van der Waals surface area (Å²) >= 11 is 1.33. The lowest BCUT2D eigenvalue weighted by Gasteiger charge is -2.11. The van der Waals surface area contributed by atoms with Crippen molar-refractivity contribution in [2.45, 2.75) is 26.4 Å². The maximum atomic E-state index is 12.2. The molecule has 0 fully saturated rings. The first-order valence-corrected chi connectivity index (χ1v) is 9.15. The zero-order chi connectivity index (χ0) is 18.5. The minimum atomic E-state index is -0.929. The fourth-order valence-corrected chi connectivity index (χ4v) is 3.04. The SMILES string of the molecule is CCc1ccc(-c2csc(NC(=O)[C@H](C)OC(=O)c3ccc[nH]3)n2)cc1. The molecule has 0 spiro atoms. The number of nitrogens with zero attached hydrogens (tertiary/aromatic N) is 1. The zero-order valence-electron chi connectivity index (χ0n) is 14.5. The number of benzene rings is 1. The largest absolute Gasteiger partial charge is 0.448 e. The predicted octanol–water partition coefficient (Wildman–Crippen LogP) is 3.88. The third kappa shape index (κ3) is 4.18. The van der Waals surface area contributed by atoms with Crippen LogP contribution in [0.15, 0.2) is 48.0 Å². The highest BCUT2D eigenvalue weighted by molar-refractivity contribution is 7.14. The lowest BCUT2D eigenvalue weighted by Crippen LogP contribution is -2.30. The third-order valence-corrected chi connectivity index (χ3v) is 4.62. The number of hydrogen-bond donors (Lipinski definition) is 2. The number of nitrogens with one attached hydrogen (secondary N) is 2. The second-order valence-corrected chi connectivity index (χ2v) is 6.57. The molecule has 0 saturated carbocycles. The van der Waals surface area contributed by atoms with Crippen molar-refractivity contribution in [1.29, 1.82) is 0 Å². The number of amides is 1. The highest BCUT2D eigenvalue weighted by Gasteiger charge is 2.20. The number of carbonyl (C=O) groups is 2. The summed E-state index contributed by atoms with van der Waals surface area (Å²) in [6.45, 7) is 3.63. The molecule has 0 bridgehead atoms. The number of rotatable bonds is 6. The van der Waals surface area contributed by atoms with Gasteiger partial charge in [0, 0.05) is 17.1 Å². The van der Waals surface area contributed by atoms with E-state index in [1.165, 1.54) is 23.8 Å². The number of ether oxygens (including phenoxy) is 1. The van der Waals surface area contributed by atoms with E-state index in [0.717, 1.165) is 17.7 Å². The number of carbonyl (C=O) groups excluding carboxylic acids is 2. The Morgan fingerprint density at radius 3 is 2.69 bits per heavy atom. The van der Waals surface area contributed by atoms with Gasteiger partial charge in [-0.3, -0.25) is 10.1 Å². The predicted molar refractivity (Wildman–Crippen MR) is 101 cm³/mol. The summed E-state index contributed by atoms with van der Waals surface area (Å²) in [5.74, 6) is -0.999. The van der Waals surface area contributed by atoms with Crippen LogP contribution in [0.2, 0.25) is 0 Å². The first-order valence-electron chi connectivity index (χ1n) is 8.27. The van der Waals surface area contributed by atoms with Crippen molar-refractivity contribution in [3.63, 3.8) is 0 Å². The van der Waals surface area contributed by atoms with Gasteiger partial charge in [-0.1, -0.05) is 31.2 Å². The van der Waals surface area contributed by atoms with E-state index in [0.29, 0.717) is 10.8 Å². The molecule has 0 saturated heterocycles. The molecule has 0 aliphatic heterocycles. The number of H-pyrrole nitrogens is 1. The number of aromatic nitrogens is 2. The van der Waals surface area contributed by atoms with Gasteiger partial charge in [0.15, 0.2) is 11.2 Å². The molecule has 0 aliphatic carbocycles. The smallest absolute Gasteiger partial charge is 0.355 e. The lowest BCUT2D eigenvalue weighted by molar-refractivity contribution is -0.123. The highest BCUT2D eigenvalue weighted by Crippen LogP contribution is 2.25. The van der Waals surface area contributed by atoms with Crippen LogP contribution in [0.1, 0.15) is 29.9 Å². The van der Waals surface area contributed by atoms with Crippen LogP contribution >= 0.6 is 11.3 Å². The Hall–Kier alpha value is -2.93. The number of esters is 1. The van der Waals surface area contributed by atoms with E-state index in [4.69, 9.17) is 4.74 Å². The Morgan fingerprint density at radius 1 is 1.27 bits per heavy atom. The van der Waals surface area contributed by atoms with Crippen LogP contribution < -0.4 is 5.32 Å². The maximum Gasteiger partial charge on any atom is 0.355 e. The molecule has 1 amide bonds. The Bertz CT molecular complexity index is 885. The van der Waals surface area contributed by atoms with Crippen molar-refractivity contribution in [3.05, 3.63) is 59.2 Å². The molecular weight excluding hydrogens is 350 g/mol. The lowest BCUT2D eigenvalue weighted by atomic mass is 10.1. The van der Waals surface area contributed by atoms with Gasteiger partial charge in [0.1, 0.15) is 5.69 Å². The van der Waals surface area contributed by atoms with Crippen LogP contribution in [0.5, 0.6) is 0 Å². The first kappa shape index (κ1) is 17.9. The summed E-state index contributed by atoms with van der Waals surface area (Å²) in [6, 6.07) is 11.4. The van der Waals surface area contributed by atoms with E-state index in [-0.39, 0.29) is 0 Å². The molecule has 2 N–H and O–H groups in total. The summed E-state index contributed by atoms with van der Waals surface area (Å²) in [4.78, 5) is 31.3. The molecule has 6 nitrogen and oxygen atoms in total. The molecule has 134 valence electrons. The van der Waals surface area contributed by atoms with Crippen molar-refractivity contribution < 1.29 is 14.3 Å². The second-order valence-electron chi connectivity index (χ2n) is 5.71. The fraction of sp³-hybridized carbons (Fsp3) is 0.211. The maximum absolute atomic E-state index is 12.2. The third-order valence-electron chi connectivity index (χ3n) is 3.86. The molecule has 7 heteroatoms. The molecular formula is C19H19N3O3S. The minimum Gasteiger partial charge on any atom is -0.448 e. The highest BCUT2D eigenvalue weighted by atomic mass is 32.1. The fourth-order valence-electron chi connectivity index (χ4n) is 2.32. The normalized spacial score (nSPS) is 11.8. The van der Waals surface area contributed by atoms with Crippen LogP contribution in [0.3, 0.4) is 0 Å². The zero-order valence-corrected chi connectivity index (χ0v) is 15.3. The van der Waals surface area contributed by atoms with E-state index in [2.05, 4.69) is 34.3 Å². The van der Waals surface area contributed by atoms with Crippen LogP contribution in [0.25, 0.3) is 11.3 Å². The van der Waals surface area contributed by atoms with Crippen LogP contribution in [-0.4, -0.2) is 27.9 Å². The van der Waals surface area contributed by atoms with E-state index in [1.807, 2.05) is 17.5 Å². The number of hydrogen-bond acceptors (Lipinski definition) is 5. The topological polar surface area (TPSA) is 84.1 Å². The summed E-state index contributed by atoms with van der Waals surface area (Å²) in [7, 11) is 0. The van der Waals surface area contributed by atoms with Gasteiger partial charge >= 0.3 is 5.97 Å². The van der Waals surface area contributed by atoms with Gasteiger partial charge in [0.2, 0.25) is 0 Å². The molecule has 0 unspecified atom stereocenters. The van der Waals surface area contributed by atoms with Gasteiger partial charge < -0.3 is 9.72 Å². The Labute approximate surface area is 155 Å².